The van der Waals surface area contributed by atoms with E-state index in [1.54, 1.807) is 0 Å². The van der Waals surface area contributed by atoms with Gasteiger partial charge in [-0.3, -0.25) is 0 Å². The van der Waals surface area contributed by atoms with E-state index in [0.29, 0.717) is 6.61 Å². The summed E-state index contributed by atoms with van der Waals surface area (Å²) in [5.74, 6) is 1.37. The SMILES string of the molecule is C=CC[C@@]1(C)C[C@H](c2cccc(Cl)c2)[C@@H](c2ccc(Cl)cc2)[N+]2=C1OCC2=C1CC1. The number of ether oxygens (including phenoxy) is 1. The summed E-state index contributed by atoms with van der Waals surface area (Å²) in [6.45, 7) is 7.03. The molecule has 2 nitrogen and oxygen atoms in total. The third-order valence-electron chi connectivity index (χ3n) is 6.69. The molecule has 3 atom stereocenters. The van der Waals surface area contributed by atoms with E-state index in [0.717, 1.165) is 28.8 Å². The average Bonchev–Trinajstić information content (AvgIpc) is 3.47. The predicted molar refractivity (Wildman–Crippen MR) is 123 cm³/mol. The van der Waals surface area contributed by atoms with Gasteiger partial charge in [0.05, 0.1) is 11.3 Å². The molecule has 0 radical (unpaired) electrons. The first-order valence-electron chi connectivity index (χ1n) is 10.6. The van der Waals surface area contributed by atoms with Crippen LogP contribution in [-0.4, -0.2) is 17.1 Å². The highest BCUT2D eigenvalue weighted by Crippen LogP contribution is 2.53. The smallest absolute Gasteiger partial charge is 0.349 e. The van der Waals surface area contributed by atoms with Gasteiger partial charge in [-0.1, -0.05) is 53.5 Å². The van der Waals surface area contributed by atoms with E-state index in [1.165, 1.54) is 35.2 Å². The molecule has 0 N–H and O–H groups in total. The van der Waals surface area contributed by atoms with Crippen molar-refractivity contribution in [2.75, 3.05) is 6.61 Å². The third-order valence-corrected chi connectivity index (χ3v) is 7.18. The van der Waals surface area contributed by atoms with E-state index in [1.807, 2.05) is 24.3 Å². The number of hydrogen-bond donors (Lipinski definition) is 0. The summed E-state index contributed by atoms with van der Waals surface area (Å²) >= 11 is 12.7. The highest BCUT2D eigenvalue weighted by Gasteiger charge is 2.57. The fraction of sp³-hybridized carbons (Fsp3) is 0.346. The van der Waals surface area contributed by atoms with Crippen LogP contribution in [0.25, 0.3) is 0 Å². The Balaban J connectivity index is 1.74. The predicted octanol–water partition coefficient (Wildman–Crippen LogP) is 7.29. The summed E-state index contributed by atoms with van der Waals surface area (Å²) in [4.78, 5) is 0. The Morgan fingerprint density at radius 2 is 1.87 bits per heavy atom. The Hall–Kier alpha value is -2.03. The van der Waals surface area contributed by atoms with Crippen molar-refractivity contribution in [2.24, 2.45) is 5.41 Å². The fourth-order valence-corrected chi connectivity index (χ4v) is 5.54. The van der Waals surface area contributed by atoms with E-state index in [9.17, 15) is 0 Å². The molecule has 1 saturated carbocycles. The van der Waals surface area contributed by atoms with Crippen molar-refractivity contribution in [1.29, 1.82) is 0 Å². The van der Waals surface area contributed by atoms with Gasteiger partial charge < -0.3 is 4.74 Å². The van der Waals surface area contributed by atoms with Crippen molar-refractivity contribution < 1.29 is 9.31 Å². The molecule has 3 aliphatic rings. The van der Waals surface area contributed by atoms with Crippen LogP contribution in [0.15, 0.2) is 72.5 Å². The first kappa shape index (κ1) is 19.9. The van der Waals surface area contributed by atoms with Gasteiger partial charge in [0.15, 0.2) is 12.6 Å². The van der Waals surface area contributed by atoms with Gasteiger partial charge in [0.1, 0.15) is 0 Å². The summed E-state index contributed by atoms with van der Waals surface area (Å²) in [6.07, 6.45) is 6.23. The normalized spacial score (nSPS) is 27.7. The highest BCUT2D eigenvalue weighted by molar-refractivity contribution is 6.30. The molecule has 0 unspecified atom stereocenters. The molecule has 4 heteroatoms. The molecule has 0 bridgehead atoms. The molecular weight excluding hydrogens is 413 g/mol. The van der Waals surface area contributed by atoms with Crippen LogP contribution in [0.4, 0.5) is 0 Å². The summed E-state index contributed by atoms with van der Waals surface area (Å²) in [5, 5.41) is 1.54. The molecule has 5 rings (SSSR count). The molecule has 2 aliphatic heterocycles. The van der Waals surface area contributed by atoms with E-state index in [4.69, 9.17) is 27.9 Å². The second kappa shape index (κ2) is 7.59. The van der Waals surface area contributed by atoms with Gasteiger partial charge in [-0.2, -0.15) is 4.58 Å². The van der Waals surface area contributed by atoms with Gasteiger partial charge in [0, 0.05) is 21.2 Å². The first-order chi connectivity index (χ1) is 14.5. The zero-order valence-corrected chi connectivity index (χ0v) is 18.7. The lowest BCUT2D eigenvalue weighted by Crippen LogP contribution is -2.43. The fourth-order valence-electron chi connectivity index (χ4n) is 5.21. The summed E-state index contributed by atoms with van der Waals surface area (Å²) in [5.41, 5.74) is 5.30. The second-order valence-corrected chi connectivity index (χ2v) is 9.80. The monoisotopic (exact) mass is 438 g/mol. The van der Waals surface area contributed by atoms with Crippen LogP contribution >= 0.6 is 23.2 Å². The van der Waals surface area contributed by atoms with Crippen LogP contribution in [0.1, 0.15) is 55.7 Å². The maximum absolute atomic E-state index is 6.42. The minimum absolute atomic E-state index is 0.102. The number of halogens is 2. The van der Waals surface area contributed by atoms with Crippen molar-refractivity contribution in [1.82, 2.24) is 0 Å². The molecule has 154 valence electrons. The molecule has 2 aromatic rings. The molecule has 2 heterocycles. The number of benzene rings is 2. The van der Waals surface area contributed by atoms with Crippen LogP contribution in [0, 0.1) is 5.41 Å². The largest absolute Gasteiger partial charge is 0.436 e. The molecule has 0 spiro atoms. The maximum atomic E-state index is 6.42. The van der Waals surface area contributed by atoms with Crippen molar-refractivity contribution in [3.05, 3.63) is 93.6 Å². The Bertz CT molecular complexity index is 1060. The second-order valence-electron chi connectivity index (χ2n) is 8.93. The zero-order chi connectivity index (χ0) is 20.9. The molecule has 2 aromatic carbocycles. The van der Waals surface area contributed by atoms with Crippen LogP contribution in [0.5, 0.6) is 0 Å². The Morgan fingerprint density at radius 1 is 1.10 bits per heavy atom. The molecule has 0 aromatic heterocycles. The number of rotatable bonds is 4. The third kappa shape index (κ3) is 3.40. The molecule has 30 heavy (non-hydrogen) atoms. The summed E-state index contributed by atoms with van der Waals surface area (Å²) in [6, 6.07) is 16.8. The summed E-state index contributed by atoms with van der Waals surface area (Å²) in [7, 11) is 0. The average molecular weight is 439 g/mol. The van der Waals surface area contributed by atoms with E-state index < -0.39 is 0 Å². The van der Waals surface area contributed by atoms with Crippen molar-refractivity contribution in [3.63, 3.8) is 0 Å². The zero-order valence-electron chi connectivity index (χ0n) is 17.2. The molecule has 1 aliphatic carbocycles. The minimum Gasteiger partial charge on any atom is -0.436 e. The topological polar surface area (TPSA) is 12.2 Å². The first-order valence-corrected chi connectivity index (χ1v) is 11.4. The quantitative estimate of drug-likeness (QED) is 0.360. The molecule has 0 saturated heterocycles. The van der Waals surface area contributed by atoms with Gasteiger partial charge in [0.2, 0.25) is 5.70 Å². The molecule has 1 fully saturated rings. The van der Waals surface area contributed by atoms with Crippen LogP contribution in [0.3, 0.4) is 0 Å². The number of hydrogen-bond acceptors (Lipinski definition) is 1. The van der Waals surface area contributed by atoms with Gasteiger partial charge in [-0.05, 0) is 62.4 Å². The number of nitrogens with zero attached hydrogens (tertiary/aromatic N) is 1. The van der Waals surface area contributed by atoms with Crippen molar-refractivity contribution >= 4 is 29.1 Å². The Kier molecular flexibility index (Phi) is 5.03. The van der Waals surface area contributed by atoms with Crippen LogP contribution < -0.4 is 0 Å². The van der Waals surface area contributed by atoms with Gasteiger partial charge in [-0.25, -0.2) is 0 Å². The van der Waals surface area contributed by atoms with Crippen molar-refractivity contribution in [2.45, 2.75) is 44.6 Å². The lowest BCUT2D eigenvalue weighted by atomic mass is 9.69. The maximum Gasteiger partial charge on any atom is 0.349 e. The van der Waals surface area contributed by atoms with Gasteiger partial charge in [0.25, 0.3) is 0 Å². The summed E-state index contributed by atoms with van der Waals surface area (Å²) < 4.78 is 8.91. The standard InChI is InChI=1S/C26H26Cl2NO/c1-3-13-26(2)15-22(19-5-4-6-21(28)14-19)24(18-9-11-20(27)12-10-18)29-23(17-7-8-17)16-30-25(26)29/h3-6,9-12,14,22,24H,1,7-8,13,15-16H2,2H3/q+1/t22-,24-,26+/m1/s1. The molecule has 0 amide bonds. The van der Waals surface area contributed by atoms with Crippen LogP contribution in [-0.2, 0) is 4.74 Å². The Labute approximate surface area is 188 Å². The lowest BCUT2D eigenvalue weighted by Gasteiger charge is -2.37. The number of allylic oxidation sites excluding steroid dienone is 2. The Morgan fingerprint density at radius 3 is 2.53 bits per heavy atom. The van der Waals surface area contributed by atoms with Crippen molar-refractivity contribution in [3.8, 4) is 0 Å². The van der Waals surface area contributed by atoms with Crippen LogP contribution in [0.2, 0.25) is 10.0 Å². The highest BCUT2D eigenvalue weighted by atomic mass is 35.5. The van der Waals surface area contributed by atoms with E-state index in [-0.39, 0.29) is 17.4 Å². The van der Waals surface area contributed by atoms with E-state index >= 15 is 0 Å². The van der Waals surface area contributed by atoms with Gasteiger partial charge >= 0.3 is 5.90 Å². The lowest BCUT2D eigenvalue weighted by molar-refractivity contribution is -0.537. The van der Waals surface area contributed by atoms with Gasteiger partial charge in [-0.15, -0.1) is 6.58 Å². The minimum atomic E-state index is -0.102. The van der Waals surface area contributed by atoms with E-state index in [2.05, 4.69) is 48.4 Å². The molecular formula is C26H26Cl2NO+.